The molecular weight excluding hydrogens is 309 g/mol. The van der Waals surface area contributed by atoms with Crippen molar-refractivity contribution in [2.24, 2.45) is 0 Å². The molecular formula is C13H13F3O2S2. The van der Waals surface area contributed by atoms with Gasteiger partial charge in [0.05, 0.1) is 17.1 Å². The van der Waals surface area contributed by atoms with Crippen LogP contribution in [0, 0.1) is 11.8 Å². The van der Waals surface area contributed by atoms with Gasteiger partial charge in [0.25, 0.3) is 0 Å². The third kappa shape index (κ3) is 6.87. The van der Waals surface area contributed by atoms with Crippen molar-refractivity contribution in [2.75, 3.05) is 23.5 Å². The highest BCUT2D eigenvalue weighted by Crippen LogP contribution is 2.28. The highest BCUT2D eigenvalue weighted by molar-refractivity contribution is 8.00. The fourth-order valence-electron chi connectivity index (χ4n) is 1.21. The molecule has 1 rings (SSSR count). The average Bonchev–Trinajstić information content (AvgIpc) is 2.32. The van der Waals surface area contributed by atoms with E-state index < -0.39 is 21.6 Å². The molecule has 0 fully saturated rings. The predicted molar refractivity (Wildman–Crippen MR) is 75.4 cm³/mol. The molecule has 0 saturated heterocycles. The van der Waals surface area contributed by atoms with Crippen LogP contribution in [0.2, 0.25) is 0 Å². The topological polar surface area (TPSA) is 34.1 Å². The van der Waals surface area contributed by atoms with Crippen molar-refractivity contribution in [1.29, 1.82) is 0 Å². The first kappa shape index (κ1) is 16.9. The Labute approximate surface area is 120 Å². The molecule has 0 bridgehead atoms. The van der Waals surface area contributed by atoms with Gasteiger partial charge in [-0.25, -0.2) is 8.42 Å². The van der Waals surface area contributed by atoms with Gasteiger partial charge in [-0.1, -0.05) is 11.8 Å². The number of thioether (sulfide) groups is 1. The quantitative estimate of drug-likeness (QED) is 0.631. The summed E-state index contributed by atoms with van der Waals surface area (Å²) in [5, 5.41) is 0. The zero-order valence-corrected chi connectivity index (χ0v) is 12.3. The van der Waals surface area contributed by atoms with E-state index in [-0.39, 0.29) is 5.75 Å². The van der Waals surface area contributed by atoms with Gasteiger partial charge in [-0.3, -0.25) is 0 Å². The van der Waals surface area contributed by atoms with Crippen LogP contribution in [0.5, 0.6) is 0 Å². The lowest BCUT2D eigenvalue weighted by Gasteiger charge is -2.05. The third-order valence-corrected chi connectivity index (χ3v) is 4.26. The largest absolute Gasteiger partial charge is 0.416 e. The molecule has 0 aliphatic heterocycles. The number of hydrogen-bond donors (Lipinski definition) is 0. The summed E-state index contributed by atoms with van der Waals surface area (Å²) >= 11 is 1.37. The number of benzene rings is 1. The van der Waals surface area contributed by atoms with E-state index in [2.05, 4.69) is 11.8 Å². The van der Waals surface area contributed by atoms with Crippen LogP contribution in [0.3, 0.4) is 0 Å². The molecule has 2 nitrogen and oxygen atoms in total. The fraction of sp³-hybridized carbons (Fsp3) is 0.385. The number of halogens is 3. The Kier molecular flexibility index (Phi) is 5.96. The van der Waals surface area contributed by atoms with Gasteiger partial charge in [0, 0.05) is 17.6 Å². The molecule has 1 aromatic carbocycles. The molecule has 0 aliphatic carbocycles. The van der Waals surface area contributed by atoms with E-state index in [9.17, 15) is 21.6 Å². The Morgan fingerprint density at radius 3 is 2.30 bits per heavy atom. The van der Waals surface area contributed by atoms with Gasteiger partial charge in [0.15, 0.2) is 0 Å². The van der Waals surface area contributed by atoms with Crippen LogP contribution < -0.4 is 0 Å². The molecule has 1 aromatic rings. The summed E-state index contributed by atoms with van der Waals surface area (Å²) < 4.78 is 58.7. The second-order valence-electron chi connectivity index (χ2n) is 4.06. The number of sulfone groups is 1. The molecule has 0 N–H and O–H groups in total. The van der Waals surface area contributed by atoms with Crippen LogP contribution in [-0.2, 0) is 16.0 Å². The lowest BCUT2D eigenvalue weighted by Crippen LogP contribution is -2.05. The van der Waals surface area contributed by atoms with Crippen molar-refractivity contribution in [3.63, 3.8) is 0 Å². The number of hydrogen-bond acceptors (Lipinski definition) is 3. The van der Waals surface area contributed by atoms with Gasteiger partial charge in [0.1, 0.15) is 9.84 Å². The van der Waals surface area contributed by atoms with Crippen molar-refractivity contribution in [1.82, 2.24) is 0 Å². The highest BCUT2D eigenvalue weighted by atomic mass is 32.2. The monoisotopic (exact) mass is 322 g/mol. The van der Waals surface area contributed by atoms with Gasteiger partial charge in [0.2, 0.25) is 0 Å². The van der Waals surface area contributed by atoms with Crippen molar-refractivity contribution in [3.8, 4) is 11.8 Å². The Bertz CT molecular complexity index is 593. The number of alkyl halides is 3. The first-order chi connectivity index (χ1) is 9.18. The Hall–Kier alpha value is -1.13. The van der Waals surface area contributed by atoms with Crippen LogP contribution in [0.15, 0.2) is 24.3 Å². The van der Waals surface area contributed by atoms with Crippen LogP contribution >= 0.6 is 11.8 Å². The second-order valence-corrected chi connectivity index (χ2v) is 7.42. The molecule has 20 heavy (non-hydrogen) atoms. The molecule has 0 heterocycles. The summed E-state index contributed by atoms with van der Waals surface area (Å²) in [4.78, 5) is 0. The Morgan fingerprint density at radius 1 is 1.20 bits per heavy atom. The maximum Gasteiger partial charge on any atom is 0.416 e. The zero-order valence-electron chi connectivity index (χ0n) is 10.7. The highest BCUT2D eigenvalue weighted by Gasteiger charge is 2.29. The van der Waals surface area contributed by atoms with E-state index >= 15 is 0 Å². The second kappa shape index (κ2) is 7.04. The molecule has 0 amide bonds. The van der Waals surface area contributed by atoms with Gasteiger partial charge in [-0.05, 0) is 24.3 Å². The molecule has 0 saturated carbocycles. The van der Waals surface area contributed by atoms with Crippen LogP contribution in [0.25, 0.3) is 0 Å². The van der Waals surface area contributed by atoms with Gasteiger partial charge in [-0.15, -0.1) is 11.8 Å². The first-order valence-corrected chi connectivity index (χ1v) is 8.81. The van der Waals surface area contributed by atoms with Gasteiger partial charge < -0.3 is 0 Å². The zero-order chi connectivity index (χ0) is 15.2. The van der Waals surface area contributed by atoms with Crippen LogP contribution in [0.4, 0.5) is 13.2 Å². The average molecular weight is 322 g/mol. The number of rotatable bonds is 4. The summed E-state index contributed by atoms with van der Waals surface area (Å²) in [7, 11) is -2.96. The molecule has 7 heteroatoms. The van der Waals surface area contributed by atoms with E-state index in [0.29, 0.717) is 17.1 Å². The van der Waals surface area contributed by atoms with E-state index in [1.165, 1.54) is 30.2 Å². The maximum absolute atomic E-state index is 12.3. The van der Waals surface area contributed by atoms with E-state index in [1.807, 2.05) is 0 Å². The van der Waals surface area contributed by atoms with Crippen LogP contribution in [0.1, 0.15) is 11.1 Å². The van der Waals surface area contributed by atoms with E-state index in [1.54, 1.807) is 0 Å². The summed E-state index contributed by atoms with van der Waals surface area (Å²) in [6.07, 6.45) is -3.17. The minimum Gasteiger partial charge on any atom is -0.229 e. The maximum atomic E-state index is 12.3. The smallest absolute Gasteiger partial charge is 0.229 e. The third-order valence-electron chi connectivity index (χ3n) is 2.22. The summed E-state index contributed by atoms with van der Waals surface area (Å²) in [5.74, 6) is 6.51. The normalized spacial score (nSPS) is 11.8. The summed E-state index contributed by atoms with van der Waals surface area (Å²) in [6, 6.07) is 4.61. The van der Waals surface area contributed by atoms with Crippen molar-refractivity contribution >= 4 is 21.6 Å². The fourth-order valence-corrected chi connectivity index (χ4v) is 3.22. The molecule has 0 unspecified atom stereocenters. The van der Waals surface area contributed by atoms with Gasteiger partial charge >= 0.3 is 6.18 Å². The lowest BCUT2D eigenvalue weighted by atomic mass is 10.1. The van der Waals surface area contributed by atoms with E-state index in [4.69, 9.17) is 0 Å². The molecule has 0 aromatic heterocycles. The van der Waals surface area contributed by atoms with Crippen molar-refractivity contribution in [3.05, 3.63) is 35.4 Å². The van der Waals surface area contributed by atoms with Crippen molar-refractivity contribution < 1.29 is 21.6 Å². The Morgan fingerprint density at radius 2 is 1.80 bits per heavy atom. The summed E-state index contributed by atoms with van der Waals surface area (Å²) in [5.41, 5.74) is -0.202. The van der Waals surface area contributed by atoms with Crippen LogP contribution in [-0.4, -0.2) is 31.9 Å². The standard InChI is InChI=1S/C13H13F3O2S2/c1-20(17,18)10-9-19-8-2-3-11-4-6-12(7-5-11)13(14,15)16/h4-7H,8-10H2,1H3. The SMILES string of the molecule is CS(=O)(=O)CCSCC#Cc1ccc(C(F)(F)F)cc1. The minimum atomic E-state index is -4.34. The van der Waals surface area contributed by atoms with Gasteiger partial charge in [-0.2, -0.15) is 13.2 Å². The predicted octanol–water partition coefficient (Wildman–Crippen LogP) is 2.83. The minimum absolute atomic E-state index is 0.0969. The molecule has 0 radical (unpaired) electrons. The lowest BCUT2D eigenvalue weighted by molar-refractivity contribution is -0.137. The van der Waals surface area contributed by atoms with Crippen molar-refractivity contribution in [2.45, 2.75) is 6.18 Å². The molecule has 110 valence electrons. The first-order valence-electron chi connectivity index (χ1n) is 5.60. The molecule has 0 atom stereocenters. The van der Waals surface area contributed by atoms with E-state index in [0.717, 1.165) is 12.1 Å². The molecule has 0 spiro atoms. The Balaban J connectivity index is 2.44. The summed E-state index contributed by atoms with van der Waals surface area (Å²) in [6.45, 7) is 0. The molecule has 0 aliphatic rings.